The molecule has 1 unspecified atom stereocenters. The van der Waals surface area contributed by atoms with Gasteiger partial charge in [-0.2, -0.15) is 0 Å². The largest absolute Gasteiger partial charge is 0.469 e. The molecule has 0 bridgehead atoms. The van der Waals surface area contributed by atoms with E-state index in [1.165, 1.54) is 32.8 Å². The smallest absolute Gasteiger partial charge is 0.308 e. The van der Waals surface area contributed by atoms with Crippen molar-refractivity contribution < 1.29 is 9.53 Å². The molecule has 0 aliphatic heterocycles. The summed E-state index contributed by atoms with van der Waals surface area (Å²) in [6, 6.07) is 0. The molecule has 0 amide bonds. The predicted octanol–water partition coefficient (Wildman–Crippen LogP) is 2.77. The van der Waals surface area contributed by atoms with E-state index in [2.05, 4.69) is 6.92 Å². The molecule has 1 aliphatic carbocycles. The van der Waals surface area contributed by atoms with Crippen molar-refractivity contribution in [3.8, 4) is 0 Å². The second-order valence-corrected chi connectivity index (χ2v) is 4.04. The van der Waals surface area contributed by atoms with Crippen LogP contribution in [-0.4, -0.2) is 13.1 Å². The van der Waals surface area contributed by atoms with Crippen LogP contribution in [0.2, 0.25) is 0 Å². The van der Waals surface area contributed by atoms with E-state index in [0.29, 0.717) is 0 Å². The summed E-state index contributed by atoms with van der Waals surface area (Å²) in [5.74, 6) is 0.981. The first kappa shape index (κ1) is 10.6. The molecule has 0 aromatic heterocycles. The van der Waals surface area contributed by atoms with Gasteiger partial charge < -0.3 is 4.74 Å². The number of hydrogen-bond donors (Lipinski definition) is 0. The van der Waals surface area contributed by atoms with Gasteiger partial charge in [-0.1, -0.05) is 26.2 Å². The molecule has 2 nitrogen and oxygen atoms in total. The van der Waals surface area contributed by atoms with Crippen molar-refractivity contribution in [3.63, 3.8) is 0 Å². The molecule has 0 saturated heterocycles. The van der Waals surface area contributed by atoms with Crippen LogP contribution in [0, 0.1) is 11.8 Å². The molecule has 0 aromatic rings. The minimum Gasteiger partial charge on any atom is -0.469 e. The van der Waals surface area contributed by atoms with Crippen molar-refractivity contribution in [1.82, 2.24) is 0 Å². The molecule has 0 N–H and O–H groups in total. The van der Waals surface area contributed by atoms with E-state index in [0.717, 1.165) is 18.8 Å². The van der Waals surface area contributed by atoms with Gasteiger partial charge in [-0.25, -0.2) is 0 Å². The van der Waals surface area contributed by atoms with Crippen LogP contribution in [0.3, 0.4) is 0 Å². The van der Waals surface area contributed by atoms with E-state index < -0.39 is 0 Å². The summed E-state index contributed by atoms with van der Waals surface area (Å²) in [5.41, 5.74) is 0. The highest BCUT2D eigenvalue weighted by molar-refractivity contribution is 5.72. The first-order chi connectivity index (χ1) is 6.27. The number of esters is 1. The maximum absolute atomic E-state index is 11.2. The topological polar surface area (TPSA) is 26.3 Å². The fourth-order valence-corrected chi connectivity index (χ4v) is 2.21. The van der Waals surface area contributed by atoms with Crippen molar-refractivity contribution in [2.45, 2.75) is 45.4 Å². The first-order valence-corrected chi connectivity index (χ1v) is 5.35. The van der Waals surface area contributed by atoms with E-state index in [1.807, 2.05) is 0 Å². The number of hydrogen-bond acceptors (Lipinski definition) is 2. The molecule has 13 heavy (non-hydrogen) atoms. The lowest BCUT2D eigenvalue weighted by Gasteiger charge is -2.08. The van der Waals surface area contributed by atoms with Crippen LogP contribution in [0.1, 0.15) is 45.4 Å². The summed E-state index contributed by atoms with van der Waals surface area (Å²) in [7, 11) is 1.49. The number of methoxy groups -OCH3 is 1. The number of rotatable bonds is 4. The highest BCUT2D eigenvalue weighted by Crippen LogP contribution is 2.34. The summed E-state index contributed by atoms with van der Waals surface area (Å²) < 4.78 is 4.75. The molecule has 1 rings (SSSR count). The molecule has 0 spiro atoms. The third kappa shape index (κ3) is 3.02. The number of carbonyl (C=O) groups excluding carboxylic acids is 1. The van der Waals surface area contributed by atoms with Gasteiger partial charge in [0.1, 0.15) is 0 Å². The fourth-order valence-electron chi connectivity index (χ4n) is 2.21. The molecule has 76 valence electrons. The minimum absolute atomic E-state index is 0.000927. The zero-order valence-corrected chi connectivity index (χ0v) is 8.71. The lowest BCUT2D eigenvalue weighted by atomic mass is 9.99. The Kier molecular flexibility index (Phi) is 4.26. The van der Waals surface area contributed by atoms with Gasteiger partial charge in [0, 0.05) is 0 Å². The van der Waals surface area contributed by atoms with Gasteiger partial charge in [-0.15, -0.1) is 0 Å². The van der Waals surface area contributed by atoms with E-state index in [1.54, 1.807) is 0 Å². The Balaban J connectivity index is 2.23. The second kappa shape index (κ2) is 5.25. The predicted molar refractivity (Wildman–Crippen MR) is 52.4 cm³/mol. The van der Waals surface area contributed by atoms with Crippen molar-refractivity contribution in [2.75, 3.05) is 7.11 Å². The zero-order chi connectivity index (χ0) is 9.68. The van der Waals surface area contributed by atoms with Crippen LogP contribution in [0.15, 0.2) is 0 Å². The van der Waals surface area contributed by atoms with Crippen molar-refractivity contribution >= 4 is 5.97 Å². The average molecular weight is 184 g/mol. The van der Waals surface area contributed by atoms with E-state index >= 15 is 0 Å². The normalized spacial score (nSPS) is 27.5. The Morgan fingerprint density at radius 1 is 1.46 bits per heavy atom. The Hall–Kier alpha value is -0.530. The van der Waals surface area contributed by atoms with Gasteiger partial charge in [0.05, 0.1) is 13.0 Å². The van der Waals surface area contributed by atoms with E-state index in [4.69, 9.17) is 4.74 Å². The van der Waals surface area contributed by atoms with E-state index in [9.17, 15) is 4.79 Å². The fraction of sp³-hybridized carbons (Fsp3) is 0.909. The van der Waals surface area contributed by atoms with Gasteiger partial charge in [-0.05, 0) is 25.2 Å². The molecule has 1 fully saturated rings. The SMILES string of the molecule is CCCC[C@H]1CCC(C(=O)OC)C1. The summed E-state index contributed by atoms with van der Waals surface area (Å²) in [6.45, 7) is 2.22. The number of carbonyl (C=O) groups is 1. The van der Waals surface area contributed by atoms with Crippen LogP contribution in [0.25, 0.3) is 0 Å². The van der Waals surface area contributed by atoms with Crippen molar-refractivity contribution in [2.24, 2.45) is 11.8 Å². The van der Waals surface area contributed by atoms with Crippen LogP contribution in [0.4, 0.5) is 0 Å². The van der Waals surface area contributed by atoms with E-state index in [-0.39, 0.29) is 11.9 Å². The molecule has 0 heterocycles. The summed E-state index contributed by atoms with van der Waals surface area (Å²) in [6.07, 6.45) is 7.19. The first-order valence-electron chi connectivity index (χ1n) is 5.35. The van der Waals surface area contributed by atoms with Crippen LogP contribution < -0.4 is 0 Å². The minimum atomic E-state index is -0.000927. The Morgan fingerprint density at radius 3 is 2.85 bits per heavy atom. The Bertz CT molecular complexity index is 165. The van der Waals surface area contributed by atoms with Crippen molar-refractivity contribution in [1.29, 1.82) is 0 Å². The monoisotopic (exact) mass is 184 g/mol. The average Bonchev–Trinajstić information content (AvgIpc) is 2.62. The Labute approximate surface area is 80.7 Å². The lowest BCUT2D eigenvalue weighted by Crippen LogP contribution is -2.12. The van der Waals surface area contributed by atoms with Crippen LogP contribution in [0.5, 0.6) is 0 Å². The third-order valence-electron chi connectivity index (χ3n) is 3.04. The maximum atomic E-state index is 11.2. The summed E-state index contributed by atoms with van der Waals surface area (Å²) in [4.78, 5) is 11.2. The number of ether oxygens (including phenoxy) is 1. The van der Waals surface area contributed by atoms with Gasteiger partial charge >= 0.3 is 5.97 Å². The Morgan fingerprint density at radius 2 is 2.23 bits per heavy atom. The molecule has 1 aliphatic rings. The lowest BCUT2D eigenvalue weighted by molar-refractivity contribution is -0.145. The maximum Gasteiger partial charge on any atom is 0.308 e. The zero-order valence-electron chi connectivity index (χ0n) is 8.71. The van der Waals surface area contributed by atoms with Crippen LogP contribution >= 0.6 is 0 Å². The van der Waals surface area contributed by atoms with Crippen LogP contribution in [-0.2, 0) is 9.53 Å². The summed E-state index contributed by atoms with van der Waals surface area (Å²) >= 11 is 0. The van der Waals surface area contributed by atoms with Gasteiger partial charge in [0.25, 0.3) is 0 Å². The highest BCUT2D eigenvalue weighted by Gasteiger charge is 2.29. The molecular weight excluding hydrogens is 164 g/mol. The van der Waals surface area contributed by atoms with Gasteiger partial charge in [0.2, 0.25) is 0 Å². The second-order valence-electron chi connectivity index (χ2n) is 4.04. The third-order valence-corrected chi connectivity index (χ3v) is 3.04. The molecular formula is C11H20O2. The van der Waals surface area contributed by atoms with Gasteiger partial charge in [0.15, 0.2) is 0 Å². The molecule has 0 radical (unpaired) electrons. The highest BCUT2D eigenvalue weighted by atomic mass is 16.5. The molecule has 2 atom stereocenters. The molecule has 2 heteroatoms. The quantitative estimate of drug-likeness (QED) is 0.628. The number of unbranched alkanes of at least 4 members (excludes halogenated alkanes) is 1. The standard InChI is InChI=1S/C11H20O2/c1-3-4-5-9-6-7-10(8-9)11(12)13-2/h9-10H,3-8H2,1-2H3/t9-,10?/m0/s1. The van der Waals surface area contributed by atoms with Gasteiger partial charge in [-0.3, -0.25) is 4.79 Å². The molecule has 0 aromatic carbocycles. The molecule has 1 saturated carbocycles. The van der Waals surface area contributed by atoms with Crippen molar-refractivity contribution in [3.05, 3.63) is 0 Å². The summed E-state index contributed by atoms with van der Waals surface area (Å²) in [5, 5.41) is 0.